The van der Waals surface area contributed by atoms with Gasteiger partial charge in [-0.2, -0.15) is 21.6 Å². The second kappa shape index (κ2) is 16.5. The first-order valence-electron chi connectivity index (χ1n) is 21.0. The summed E-state index contributed by atoms with van der Waals surface area (Å²) < 4.78 is 80.1. The maximum atomic E-state index is 14.5. The van der Waals surface area contributed by atoms with Gasteiger partial charge in [-0.25, -0.2) is 0 Å². The fourth-order valence-electron chi connectivity index (χ4n) is 8.65. The molecule has 0 N–H and O–H groups in total. The van der Waals surface area contributed by atoms with Gasteiger partial charge in [-0.15, -0.1) is 22.7 Å². The lowest BCUT2D eigenvalue weighted by Gasteiger charge is -2.32. The number of thiophene rings is 2. The van der Waals surface area contributed by atoms with E-state index in [4.69, 9.17) is 4.18 Å². The molecular formula is C55H35F3N2O3S3. The van der Waals surface area contributed by atoms with Gasteiger partial charge in [-0.1, -0.05) is 140 Å². The lowest BCUT2D eigenvalue weighted by atomic mass is 10.0. The molecule has 322 valence electrons. The molecule has 66 heavy (non-hydrogen) atoms. The summed E-state index contributed by atoms with van der Waals surface area (Å²) in [5.74, 6) is -0.513. The maximum Gasteiger partial charge on any atom is 0.534 e. The summed E-state index contributed by atoms with van der Waals surface area (Å²) >= 11 is 3.44. The van der Waals surface area contributed by atoms with E-state index in [0.717, 1.165) is 42.4 Å². The summed E-state index contributed by atoms with van der Waals surface area (Å²) in [5.41, 5.74) is 0.612. The van der Waals surface area contributed by atoms with Gasteiger partial charge in [0.2, 0.25) is 0 Å². The third-order valence-electron chi connectivity index (χ3n) is 11.6. The van der Waals surface area contributed by atoms with Gasteiger partial charge in [0.15, 0.2) is 5.75 Å². The van der Waals surface area contributed by atoms with Crippen molar-refractivity contribution in [2.24, 2.45) is 0 Å². The number of para-hydroxylation sites is 3. The molecule has 2 aromatic heterocycles. The maximum absolute atomic E-state index is 14.5. The molecule has 11 rings (SSSR count). The molecule has 0 fully saturated rings. The standard InChI is InChI=1S/C55H35F3N2O3S3/c56-55(57,58)66(61,62)63-52-48(59(38-14-3-1-4-15-38)39-16-5-2-6-17-39)24-13-25-49(52)60(40-32-28-36(29-33-40)42-20-11-22-46-44-18-7-9-26-50(44)64-53(42)46)41-34-30-37(31-35-41)43-21-12-23-47-45-19-8-10-27-51(45)65-54(43)47/h1-35H. The van der Waals surface area contributed by atoms with Crippen molar-refractivity contribution >= 4 is 107 Å². The van der Waals surface area contributed by atoms with Crippen LogP contribution in [0.5, 0.6) is 5.75 Å². The molecule has 5 nitrogen and oxygen atoms in total. The average molecular weight is 925 g/mol. The number of halogens is 3. The van der Waals surface area contributed by atoms with Crippen LogP contribution in [0.1, 0.15) is 0 Å². The number of fused-ring (bicyclic) bond motifs is 6. The molecule has 0 atom stereocenters. The Labute approximate surface area is 386 Å². The minimum atomic E-state index is -6.19. The van der Waals surface area contributed by atoms with Gasteiger partial charge in [0.25, 0.3) is 0 Å². The molecule has 2 heterocycles. The van der Waals surface area contributed by atoms with E-state index in [2.05, 4.69) is 48.5 Å². The van der Waals surface area contributed by atoms with Crippen LogP contribution in [0.4, 0.5) is 47.3 Å². The van der Waals surface area contributed by atoms with Crippen molar-refractivity contribution in [3.63, 3.8) is 0 Å². The summed E-state index contributed by atoms with van der Waals surface area (Å²) in [5, 5.41) is 4.65. The first-order chi connectivity index (χ1) is 32.1. The molecule has 0 unspecified atom stereocenters. The Bertz CT molecular complexity index is 3490. The van der Waals surface area contributed by atoms with Gasteiger partial charge in [-0.05, 0) is 95.1 Å². The Morgan fingerprint density at radius 1 is 0.394 bits per heavy atom. The summed E-state index contributed by atoms with van der Waals surface area (Å²) in [6.45, 7) is 0. The zero-order valence-corrected chi connectivity index (χ0v) is 37.1. The van der Waals surface area contributed by atoms with Gasteiger partial charge in [0.05, 0.1) is 11.4 Å². The van der Waals surface area contributed by atoms with E-state index in [9.17, 15) is 21.6 Å². The van der Waals surface area contributed by atoms with Crippen LogP contribution in [0.3, 0.4) is 0 Å². The highest BCUT2D eigenvalue weighted by Crippen LogP contribution is 2.51. The van der Waals surface area contributed by atoms with Crippen LogP contribution in [0.25, 0.3) is 62.6 Å². The van der Waals surface area contributed by atoms with Crippen molar-refractivity contribution in [3.05, 3.63) is 212 Å². The Balaban J connectivity index is 1.11. The van der Waals surface area contributed by atoms with Crippen molar-refractivity contribution in [2.45, 2.75) is 5.51 Å². The highest BCUT2D eigenvalue weighted by molar-refractivity contribution is 7.88. The quantitative estimate of drug-likeness (QED) is 0.101. The largest absolute Gasteiger partial charge is 0.534 e. The molecule has 0 saturated carbocycles. The summed E-state index contributed by atoms with van der Waals surface area (Å²) in [6, 6.07) is 67.5. The number of rotatable bonds is 10. The average Bonchev–Trinajstić information content (AvgIpc) is 3.92. The predicted molar refractivity (Wildman–Crippen MR) is 268 cm³/mol. The monoisotopic (exact) mass is 924 g/mol. The van der Waals surface area contributed by atoms with E-state index in [0.29, 0.717) is 22.7 Å². The van der Waals surface area contributed by atoms with E-state index in [1.54, 1.807) is 99.2 Å². The number of hydrogen-bond donors (Lipinski definition) is 0. The zero-order chi connectivity index (χ0) is 45.0. The third-order valence-corrected chi connectivity index (χ3v) is 15.0. The fraction of sp³-hybridized carbons (Fsp3) is 0.0182. The van der Waals surface area contributed by atoms with Crippen LogP contribution in [-0.4, -0.2) is 13.9 Å². The minimum absolute atomic E-state index is 0.0657. The number of nitrogens with zero attached hydrogens (tertiary/aromatic N) is 2. The van der Waals surface area contributed by atoms with Gasteiger partial charge < -0.3 is 14.0 Å². The molecule has 0 aliphatic heterocycles. The molecule has 0 spiro atoms. The molecule has 0 aliphatic carbocycles. The summed E-state index contributed by atoms with van der Waals surface area (Å²) in [7, 11) is -6.19. The molecular weight excluding hydrogens is 890 g/mol. The lowest BCUT2D eigenvalue weighted by molar-refractivity contribution is -0.0499. The van der Waals surface area contributed by atoms with Crippen molar-refractivity contribution in [3.8, 4) is 28.0 Å². The van der Waals surface area contributed by atoms with Gasteiger partial charge in [0.1, 0.15) is 0 Å². The van der Waals surface area contributed by atoms with Gasteiger partial charge in [-0.3, -0.25) is 0 Å². The predicted octanol–water partition coefficient (Wildman–Crippen LogP) is 16.9. The van der Waals surface area contributed by atoms with Crippen molar-refractivity contribution in [1.29, 1.82) is 0 Å². The van der Waals surface area contributed by atoms with Crippen LogP contribution in [0.15, 0.2) is 212 Å². The summed E-state index contributed by atoms with van der Waals surface area (Å²) in [4.78, 5) is 3.43. The van der Waals surface area contributed by atoms with Crippen LogP contribution in [0.2, 0.25) is 0 Å². The normalized spacial score (nSPS) is 12.0. The molecule has 0 radical (unpaired) electrons. The SMILES string of the molecule is O=S(=O)(Oc1c(N(c2ccccc2)c2ccccc2)cccc1N(c1ccc(-c2cccc3c2sc2ccccc23)cc1)c1ccc(-c2cccc3c2sc2ccccc23)cc1)C(F)(F)F. The van der Waals surface area contributed by atoms with E-state index < -0.39 is 21.4 Å². The topological polar surface area (TPSA) is 49.9 Å². The summed E-state index contributed by atoms with van der Waals surface area (Å²) in [6.07, 6.45) is 0. The number of alkyl halides is 3. The van der Waals surface area contributed by atoms with Crippen molar-refractivity contribution in [1.82, 2.24) is 0 Å². The van der Waals surface area contributed by atoms with Gasteiger partial charge in [0, 0.05) is 63.1 Å². The highest BCUT2D eigenvalue weighted by Gasteiger charge is 2.49. The smallest absolute Gasteiger partial charge is 0.371 e. The number of hydrogen-bond acceptors (Lipinski definition) is 7. The molecule has 0 aliphatic rings. The van der Waals surface area contributed by atoms with Crippen LogP contribution in [-0.2, 0) is 10.1 Å². The first kappa shape index (κ1) is 41.3. The Kier molecular flexibility index (Phi) is 10.3. The third kappa shape index (κ3) is 7.31. The molecule has 9 aromatic carbocycles. The van der Waals surface area contributed by atoms with Gasteiger partial charge >= 0.3 is 15.6 Å². The second-order valence-electron chi connectivity index (χ2n) is 15.6. The van der Waals surface area contributed by atoms with Crippen molar-refractivity contribution in [2.75, 3.05) is 9.80 Å². The lowest BCUT2D eigenvalue weighted by Crippen LogP contribution is -2.29. The fourth-order valence-corrected chi connectivity index (χ4v) is 11.6. The minimum Gasteiger partial charge on any atom is -0.371 e. The van der Waals surface area contributed by atoms with Crippen LogP contribution >= 0.6 is 22.7 Å². The van der Waals surface area contributed by atoms with E-state index >= 15 is 0 Å². The Morgan fingerprint density at radius 3 is 1.18 bits per heavy atom. The molecule has 0 bridgehead atoms. The molecule has 11 aromatic rings. The second-order valence-corrected chi connectivity index (χ2v) is 19.2. The Hall–Kier alpha value is -7.44. The van der Waals surface area contributed by atoms with Crippen molar-refractivity contribution < 1.29 is 25.8 Å². The molecule has 0 saturated heterocycles. The highest BCUT2D eigenvalue weighted by atomic mass is 32.2. The Morgan fingerprint density at radius 2 is 0.758 bits per heavy atom. The van der Waals surface area contributed by atoms with E-state index in [1.807, 2.05) is 97.1 Å². The van der Waals surface area contributed by atoms with E-state index in [-0.39, 0.29) is 11.4 Å². The number of anilines is 6. The molecule has 0 amide bonds. The zero-order valence-electron chi connectivity index (χ0n) is 34.7. The first-order valence-corrected chi connectivity index (χ1v) is 24.0. The van der Waals surface area contributed by atoms with Crippen LogP contribution in [0, 0.1) is 0 Å². The van der Waals surface area contributed by atoms with E-state index in [1.165, 1.54) is 20.2 Å². The van der Waals surface area contributed by atoms with Crippen LogP contribution < -0.4 is 14.0 Å². The molecule has 11 heteroatoms. The number of benzene rings is 9.